The van der Waals surface area contributed by atoms with Gasteiger partial charge in [0.05, 0.1) is 36.6 Å². The normalized spacial score (nSPS) is 23.2. The first-order valence-corrected chi connectivity index (χ1v) is 6.45. The van der Waals surface area contributed by atoms with Crippen LogP contribution in [-0.4, -0.2) is 44.0 Å². The Morgan fingerprint density at radius 2 is 2.50 bits per heavy atom. The van der Waals surface area contributed by atoms with Crippen molar-refractivity contribution in [1.29, 1.82) is 0 Å². The molecule has 2 heterocycles. The van der Waals surface area contributed by atoms with Crippen LogP contribution in [-0.2, 0) is 15.9 Å². The molecule has 16 heavy (non-hydrogen) atoms. The number of nitrogens with one attached hydrogen (secondary N) is 1. The van der Waals surface area contributed by atoms with Gasteiger partial charge in [0.1, 0.15) is 0 Å². The van der Waals surface area contributed by atoms with Crippen LogP contribution in [0.25, 0.3) is 0 Å². The van der Waals surface area contributed by atoms with E-state index >= 15 is 0 Å². The number of thiazole rings is 1. The number of rotatable bonds is 4. The van der Waals surface area contributed by atoms with Gasteiger partial charge in [-0.15, -0.1) is 11.3 Å². The lowest BCUT2D eigenvalue weighted by Gasteiger charge is -2.29. The van der Waals surface area contributed by atoms with Crippen LogP contribution in [0.15, 0.2) is 5.38 Å². The molecule has 0 spiro atoms. The highest BCUT2D eigenvalue weighted by molar-refractivity contribution is 7.09. The maximum absolute atomic E-state index is 5.70. The van der Waals surface area contributed by atoms with E-state index < -0.39 is 0 Å². The van der Waals surface area contributed by atoms with Crippen molar-refractivity contribution in [3.63, 3.8) is 0 Å². The van der Waals surface area contributed by atoms with Gasteiger partial charge in [-0.3, -0.25) is 0 Å². The molecule has 2 unspecified atom stereocenters. The zero-order valence-corrected chi connectivity index (χ0v) is 10.5. The van der Waals surface area contributed by atoms with E-state index in [1.807, 2.05) is 14.0 Å². The number of ether oxygens (including phenoxy) is 2. The predicted octanol–water partition coefficient (Wildman–Crippen LogP) is 0.997. The second kappa shape index (κ2) is 5.72. The van der Waals surface area contributed by atoms with E-state index in [0.29, 0.717) is 19.8 Å². The summed E-state index contributed by atoms with van der Waals surface area (Å²) in [5.74, 6) is 0. The molecule has 0 aliphatic carbocycles. The Bertz CT molecular complexity index is 324. The van der Waals surface area contributed by atoms with Crippen molar-refractivity contribution in [2.45, 2.75) is 25.5 Å². The van der Waals surface area contributed by atoms with Gasteiger partial charge in [-0.1, -0.05) is 0 Å². The van der Waals surface area contributed by atoms with Crippen LogP contribution in [0.5, 0.6) is 0 Å². The van der Waals surface area contributed by atoms with Crippen LogP contribution in [0.2, 0.25) is 0 Å². The molecule has 0 saturated carbocycles. The van der Waals surface area contributed by atoms with Gasteiger partial charge in [-0.05, 0) is 14.0 Å². The van der Waals surface area contributed by atoms with E-state index in [1.165, 1.54) is 0 Å². The highest BCUT2D eigenvalue weighted by Crippen LogP contribution is 2.14. The zero-order valence-electron chi connectivity index (χ0n) is 9.73. The fourth-order valence-corrected chi connectivity index (χ4v) is 2.51. The van der Waals surface area contributed by atoms with Gasteiger partial charge in [0.15, 0.2) is 0 Å². The van der Waals surface area contributed by atoms with Gasteiger partial charge in [0.25, 0.3) is 0 Å². The Morgan fingerprint density at radius 1 is 1.62 bits per heavy atom. The molecule has 2 rings (SSSR count). The average Bonchev–Trinajstić information content (AvgIpc) is 2.73. The SMILES string of the molecule is CNC(Cc1csc(C)n1)C1COCCO1. The predicted molar refractivity (Wildman–Crippen MR) is 64.0 cm³/mol. The third kappa shape index (κ3) is 3.01. The van der Waals surface area contributed by atoms with Crippen LogP contribution in [0.1, 0.15) is 10.7 Å². The van der Waals surface area contributed by atoms with Crippen molar-refractivity contribution in [1.82, 2.24) is 10.3 Å². The second-order valence-electron chi connectivity index (χ2n) is 3.94. The molecule has 2 atom stereocenters. The minimum absolute atomic E-state index is 0.140. The van der Waals surface area contributed by atoms with Gasteiger partial charge in [-0.2, -0.15) is 0 Å². The van der Waals surface area contributed by atoms with Crippen molar-refractivity contribution in [2.75, 3.05) is 26.9 Å². The van der Waals surface area contributed by atoms with Crippen molar-refractivity contribution in [3.8, 4) is 0 Å². The topological polar surface area (TPSA) is 43.4 Å². The lowest BCUT2D eigenvalue weighted by atomic mass is 10.1. The second-order valence-corrected chi connectivity index (χ2v) is 5.00. The zero-order chi connectivity index (χ0) is 11.4. The molecular weight excluding hydrogens is 224 g/mol. The maximum atomic E-state index is 5.70. The Hall–Kier alpha value is -0.490. The van der Waals surface area contributed by atoms with Gasteiger partial charge in [-0.25, -0.2) is 4.98 Å². The van der Waals surface area contributed by atoms with E-state index in [0.717, 1.165) is 17.1 Å². The van der Waals surface area contributed by atoms with Crippen LogP contribution in [0.4, 0.5) is 0 Å². The molecule has 0 bridgehead atoms. The van der Waals surface area contributed by atoms with Crippen molar-refractivity contribution in [2.24, 2.45) is 0 Å². The number of likely N-dealkylation sites (N-methyl/N-ethyl adjacent to an activating group) is 1. The largest absolute Gasteiger partial charge is 0.376 e. The Balaban J connectivity index is 1.94. The van der Waals surface area contributed by atoms with Crippen LogP contribution in [0.3, 0.4) is 0 Å². The van der Waals surface area contributed by atoms with E-state index in [-0.39, 0.29) is 12.1 Å². The summed E-state index contributed by atoms with van der Waals surface area (Å²) in [6.07, 6.45) is 1.04. The smallest absolute Gasteiger partial charge is 0.0965 e. The lowest BCUT2D eigenvalue weighted by molar-refractivity contribution is -0.100. The average molecular weight is 242 g/mol. The molecule has 4 nitrogen and oxygen atoms in total. The molecule has 0 amide bonds. The van der Waals surface area contributed by atoms with Crippen molar-refractivity contribution >= 4 is 11.3 Å². The monoisotopic (exact) mass is 242 g/mol. The molecule has 1 aromatic heterocycles. The molecular formula is C11H18N2O2S. The highest BCUT2D eigenvalue weighted by Gasteiger charge is 2.24. The standard InChI is InChI=1S/C11H18N2O2S/c1-8-13-9(7-16-8)5-10(12-2)11-6-14-3-4-15-11/h7,10-12H,3-6H2,1-2H3. The van der Waals surface area contributed by atoms with Gasteiger partial charge < -0.3 is 14.8 Å². The molecule has 90 valence electrons. The Morgan fingerprint density at radius 3 is 3.06 bits per heavy atom. The van der Waals surface area contributed by atoms with Crippen LogP contribution < -0.4 is 5.32 Å². The molecule has 1 fully saturated rings. The summed E-state index contributed by atoms with van der Waals surface area (Å²) in [5, 5.41) is 6.52. The van der Waals surface area contributed by atoms with E-state index in [9.17, 15) is 0 Å². The third-order valence-electron chi connectivity index (χ3n) is 2.76. The summed E-state index contributed by atoms with van der Waals surface area (Å²) in [7, 11) is 1.96. The molecule has 1 aliphatic heterocycles. The minimum Gasteiger partial charge on any atom is -0.376 e. The molecule has 5 heteroatoms. The number of aromatic nitrogens is 1. The van der Waals surface area contributed by atoms with Crippen molar-refractivity contribution in [3.05, 3.63) is 16.1 Å². The third-order valence-corrected chi connectivity index (χ3v) is 3.58. The summed E-state index contributed by atoms with van der Waals surface area (Å²) >= 11 is 1.69. The summed E-state index contributed by atoms with van der Waals surface area (Å²) in [6, 6.07) is 0.279. The summed E-state index contributed by atoms with van der Waals surface area (Å²) < 4.78 is 11.1. The van der Waals surface area contributed by atoms with Crippen LogP contribution >= 0.6 is 11.3 Å². The number of aryl methyl sites for hydroxylation is 1. The maximum Gasteiger partial charge on any atom is 0.0965 e. The fraction of sp³-hybridized carbons (Fsp3) is 0.727. The lowest BCUT2D eigenvalue weighted by Crippen LogP contribution is -2.46. The van der Waals surface area contributed by atoms with E-state index in [4.69, 9.17) is 9.47 Å². The van der Waals surface area contributed by atoms with E-state index in [2.05, 4.69) is 15.7 Å². The summed E-state index contributed by atoms with van der Waals surface area (Å²) in [4.78, 5) is 4.48. The summed E-state index contributed by atoms with van der Waals surface area (Å²) in [6.45, 7) is 4.11. The molecule has 0 aromatic carbocycles. The fourth-order valence-electron chi connectivity index (χ4n) is 1.89. The van der Waals surface area contributed by atoms with Gasteiger partial charge in [0.2, 0.25) is 0 Å². The quantitative estimate of drug-likeness (QED) is 0.855. The number of hydrogen-bond acceptors (Lipinski definition) is 5. The van der Waals surface area contributed by atoms with Crippen molar-refractivity contribution < 1.29 is 9.47 Å². The number of hydrogen-bond donors (Lipinski definition) is 1. The highest BCUT2D eigenvalue weighted by atomic mass is 32.1. The van der Waals surface area contributed by atoms with Gasteiger partial charge >= 0.3 is 0 Å². The minimum atomic E-state index is 0.140. The summed E-state index contributed by atoms with van der Waals surface area (Å²) in [5.41, 5.74) is 1.14. The first-order valence-electron chi connectivity index (χ1n) is 5.57. The molecule has 1 saturated heterocycles. The van der Waals surface area contributed by atoms with Crippen LogP contribution in [0, 0.1) is 6.92 Å². The Kier molecular flexibility index (Phi) is 4.29. The Labute approximate surface area is 100.0 Å². The molecule has 0 radical (unpaired) electrons. The van der Waals surface area contributed by atoms with Gasteiger partial charge in [0, 0.05) is 17.8 Å². The number of nitrogens with zero attached hydrogens (tertiary/aromatic N) is 1. The molecule has 1 aliphatic rings. The van der Waals surface area contributed by atoms with E-state index in [1.54, 1.807) is 11.3 Å². The first-order chi connectivity index (χ1) is 7.79. The first kappa shape index (κ1) is 12.0. The molecule has 1 aromatic rings. The molecule has 1 N–H and O–H groups in total.